The lowest BCUT2D eigenvalue weighted by Crippen LogP contribution is -2.44. The number of carbonyl (C=O) groups excluding carboxylic acids is 1. The summed E-state index contributed by atoms with van der Waals surface area (Å²) in [5.41, 5.74) is 2.17. The molecule has 1 amide bonds. The first-order chi connectivity index (χ1) is 13.0. The number of likely N-dealkylation sites (tertiary alicyclic amines) is 2. The molecule has 3 aliphatic rings. The zero-order chi connectivity index (χ0) is 18.9. The molecule has 27 heavy (non-hydrogen) atoms. The average Bonchev–Trinajstić information content (AvgIpc) is 3.04. The zero-order valence-electron chi connectivity index (χ0n) is 16.4. The van der Waals surface area contributed by atoms with Crippen LogP contribution < -0.4 is 0 Å². The number of aliphatic hydroxyl groups is 1. The second kappa shape index (κ2) is 7.90. The van der Waals surface area contributed by atoms with Gasteiger partial charge in [-0.2, -0.15) is 0 Å². The van der Waals surface area contributed by atoms with Gasteiger partial charge in [-0.25, -0.2) is 0 Å². The Hall–Kier alpha value is -1.43. The molecule has 0 saturated carbocycles. The number of hydrogen-bond donors (Lipinski definition) is 1. The van der Waals surface area contributed by atoms with E-state index in [2.05, 4.69) is 4.90 Å². The third-order valence-corrected chi connectivity index (χ3v) is 6.60. The fourth-order valence-electron chi connectivity index (χ4n) is 4.99. The monoisotopic (exact) mass is 372 g/mol. The van der Waals surface area contributed by atoms with E-state index in [1.165, 1.54) is 0 Å². The Bertz CT molecular complexity index is 669. The van der Waals surface area contributed by atoms with Crippen LogP contribution in [0.1, 0.15) is 48.0 Å². The van der Waals surface area contributed by atoms with Crippen molar-refractivity contribution in [1.29, 1.82) is 0 Å². The quantitative estimate of drug-likeness (QED) is 0.886. The van der Waals surface area contributed by atoms with Crippen LogP contribution in [0.2, 0.25) is 0 Å². The molecular weight excluding hydrogens is 340 g/mol. The smallest absolute Gasteiger partial charge is 0.253 e. The molecule has 1 aromatic rings. The molecule has 0 aromatic heterocycles. The lowest BCUT2D eigenvalue weighted by atomic mass is 9.76. The molecular formula is C22H32N2O3. The van der Waals surface area contributed by atoms with Gasteiger partial charge >= 0.3 is 0 Å². The van der Waals surface area contributed by atoms with Gasteiger partial charge in [-0.05, 0) is 63.1 Å². The Morgan fingerprint density at radius 3 is 2.85 bits per heavy atom. The Morgan fingerprint density at radius 2 is 2.11 bits per heavy atom. The number of ether oxygens (including phenoxy) is 1. The van der Waals surface area contributed by atoms with Crippen LogP contribution >= 0.6 is 0 Å². The average molecular weight is 373 g/mol. The summed E-state index contributed by atoms with van der Waals surface area (Å²) < 4.78 is 6.15. The molecule has 1 spiro atoms. The third-order valence-electron chi connectivity index (χ3n) is 6.60. The number of aliphatic hydroxyl groups excluding tert-OH is 1. The minimum absolute atomic E-state index is 0.159. The number of β-amino-alcohol motifs (C(OH)–C–C–N with tert-alkyl or cyclic N) is 1. The van der Waals surface area contributed by atoms with Gasteiger partial charge in [0.2, 0.25) is 0 Å². The number of carbonyl (C=O) groups is 1. The maximum atomic E-state index is 12.8. The molecule has 3 aliphatic heterocycles. The summed E-state index contributed by atoms with van der Waals surface area (Å²) in [6, 6.07) is 7.89. The maximum absolute atomic E-state index is 12.8. The van der Waals surface area contributed by atoms with Crippen molar-refractivity contribution in [3.63, 3.8) is 0 Å². The summed E-state index contributed by atoms with van der Waals surface area (Å²) in [4.78, 5) is 17.1. The Morgan fingerprint density at radius 1 is 1.30 bits per heavy atom. The largest absolute Gasteiger partial charge is 0.392 e. The molecule has 3 fully saturated rings. The van der Waals surface area contributed by atoms with Crippen molar-refractivity contribution in [3.05, 3.63) is 35.4 Å². The molecule has 0 radical (unpaired) electrons. The minimum atomic E-state index is -0.176. The van der Waals surface area contributed by atoms with E-state index in [9.17, 15) is 9.90 Å². The highest BCUT2D eigenvalue weighted by molar-refractivity contribution is 5.94. The van der Waals surface area contributed by atoms with E-state index in [0.29, 0.717) is 0 Å². The highest BCUT2D eigenvalue weighted by atomic mass is 16.5. The van der Waals surface area contributed by atoms with E-state index >= 15 is 0 Å². The van der Waals surface area contributed by atoms with Crippen molar-refractivity contribution < 1.29 is 14.6 Å². The van der Waals surface area contributed by atoms with Gasteiger partial charge in [0.1, 0.15) is 0 Å². The molecule has 148 valence electrons. The van der Waals surface area contributed by atoms with E-state index < -0.39 is 0 Å². The Labute approximate surface area is 162 Å². The third kappa shape index (κ3) is 4.36. The summed E-state index contributed by atoms with van der Waals surface area (Å²) in [7, 11) is 0. The van der Waals surface area contributed by atoms with E-state index in [1.807, 2.05) is 36.1 Å². The second-order valence-corrected chi connectivity index (χ2v) is 8.85. The van der Waals surface area contributed by atoms with E-state index in [4.69, 9.17) is 4.74 Å². The van der Waals surface area contributed by atoms with Gasteiger partial charge in [0, 0.05) is 31.7 Å². The molecule has 4 rings (SSSR count). The number of aryl methyl sites for hydroxylation is 1. The molecule has 1 N–H and O–H groups in total. The van der Waals surface area contributed by atoms with Gasteiger partial charge in [-0.1, -0.05) is 17.7 Å². The van der Waals surface area contributed by atoms with Crippen LogP contribution in [0.4, 0.5) is 0 Å². The molecule has 2 atom stereocenters. The predicted octanol–water partition coefficient (Wildman–Crippen LogP) is 2.46. The summed E-state index contributed by atoms with van der Waals surface area (Å²) in [6.45, 7) is 7.29. The maximum Gasteiger partial charge on any atom is 0.253 e. The van der Waals surface area contributed by atoms with Crippen LogP contribution in [0.5, 0.6) is 0 Å². The normalized spacial score (nSPS) is 28.6. The van der Waals surface area contributed by atoms with Gasteiger partial charge in [0.15, 0.2) is 0 Å². The summed E-state index contributed by atoms with van der Waals surface area (Å²) in [5.74, 6) is 0.159. The SMILES string of the molecule is Cc1cccc(C(=O)N2CCC3(CC2)CO[C@@H](CN2CCC[C@H](O)C2)C3)c1. The fourth-order valence-corrected chi connectivity index (χ4v) is 4.99. The van der Waals surface area contributed by atoms with E-state index in [-0.39, 0.29) is 23.5 Å². The van der Waals surface area contributed by atoms with Gasteiger partial charge in [0.25, 0.3) is 5.91 Å². The summed E-state index contributed by atoms with van der Waals surface area (Å²) >= 11 is 0. The summed E-state index contributed by atoms with van der Waals surface area (Å²) in [5, 5.41) is 9.87. The van der Waals surface area contributed by atoms with Crippen LogP contribution in [0, 0.1) is 12.3 Å². The van der Waals surface area contributed by atoms with E-state index in [0.717, 1.165) is 82.6 Å². The first kappa shape index (κ1) is 18.9. The lowest BCUT2D eigenvalue weighted by Gasteiger charge is -2.38. The number of rotatable bonds is 3. The van der Waals surface area contributed by atoms with Gasteiger partial charge in [0.05, 0.1) is 18.8 Å². The van der Waals surface area contributed by atoms with Crippen molar-refractivity contribution in [1.82, 2.24) is 9.80 Å². The molecule has 5 nitrogen and oxygen atoms in total. The highest BCUT2D eigenvalue weighted by Crippen LogP contribution is 2.42. The van der Waals surface area contributed by atoms with Crippen LogP contribution in [-0.2, 0) is 4.74 Å². The van der Waals surface area contributed by atoms with Crippen LogP contribution in [0.25, 0.3) is 0 Å². The molecule has 3 saturated heterocycles. The van der Waals surface area contributed by atoms with Crippen LogP contribution in [0.3, 0.4) is 0 Å². The Kier molecular flexibility index (Phi) is 5.53. The first-order valence-corrected chi connectivity index (χ1v) is 10.4. The molecule has 5 heteroatoms. The van der Waals surface area contributed by atoms with Gasteiger partial charge < -0.3 is 14.7 Å². The molecule has 0 bridgehead atoms. The summed E-state index contributed by atoms with van der Waals surface area (Å²) in [6.07, 6.45) is 5.25. The van der Waals surface area contributed by atoms with Crippen molar-refractivity contribution in [2.24, 2.45) is 5.41 Å². The number of hydrogen-bond acceptors (Lipinski definition) is 4. The number of nitrogens with zero attached hydrogens (tertiary/aromatic N) is 2. The van der Waals surface area contributed by atoms with Crippen LogP contribution in [0.15, 0.2) is 24.3 Å². The van der Waals surface area contributed by atoms with Gasteiger partial charge in [-0.3, -0.25) is 9.69 Å². The van der Waals surface area contributed by atoms with E-state index in [1.54, 1.807) is 0 Å². The number of amides is 1. The molecule has 0 aliphatic carbocycles. The topological polar surface area (TPSA) is 53.0 Å². The molecule has 3 heterocycles. The number of piperidine rings is 2. The van der Waals surface area contributed by atoms with Crippen molar-refractivity contribution in [2.45, 2.75) is 51.2 Å². The Balaban J connectivity index is 1.29. The van der Waals surface area contributed by atoms with Gasteiger partial charge in [-0.15, -0.1) is 0 Å². The van der Waals surface area contributed by atoms with Crippen LogP contribution in [-0.4, -0.2) is 72.4 Å². The molecule has 0 unspecified atom stereocenters. The second-order valence-electron chi connectivity index (χ2n) is 8.85. The highest BCUT2D eigenvalue weighted by Gasteiger charge is 2.43. The standard InChI is InChI=1S/C22H32N2O3/c1-17-4-2-5-18(12-17)21(26)24-10-7-22(8-11-24)13-20(27-16-22)15-23-9-3-6-19(25)14-23/h2,4-5,12,19-20,25H,3,6-11,13-16H2,1H3/t19-,20+/m0/s1. The first-order valence-electron chi connectivity index (χ1n) is 10.4. The zero-order valence-corrected chi connectivity index (χ0v) is 16.4. The van der Waals surface area contributed by atoms with Crippen molar-refractivity contribution in [3.8, 4) is 0 Å². The van der Waals surface area contributed by atoms with Crippen molar-refractivity contribution in [2.75, 3.05) is 39.3 Å². The van der Waals surface area contributed by atoms with Crippen molar-refractivity contribution >= 4 is 5.91 Å². The predicted molar refractivity (Wildman–Crippen MR) is 105 cm³/mol. The fraction of sp³-hybridized carbons (Fsp3) is 0.682. The molecule has 1 aromatic carbocycles. The number of benzene rings is 1. The minimum Gasteiger partial charge on any atom is -0.392 e. The lowest BCUT2D eigenvalue weighted by molar-refractivity contribution is 0.0227.